The number of aromatic nitrogens is 4. The summed E-state index contributed by atoms with van der Waals surface area (Å²) in [6.07, 6.45) is 2.95. The van der Waals surface area contributed by atoms with Crippen LogP contribution in [-0.2, 0) is 0 Å². The van der Waals surface area contributed by atoms with E-state index in [0.29, 0.717) is 27.4 Å². The Kier molecular flexibility index (Phi) is 2.83. The van der Waals surface area contributed by atoms with Gasteiger partial charge >= 0.3 is 0 Å². The Bertz CT molecular complexity index is 776. The lowest BCUT2D eigenvalue weighted by Gasteiger charge is -2.05. The third kappa shape index (κ3) is 2.13. The number of benzene rings is 1. The zero-order valence-electron chi connectivity index (χ0n) is 9.93. The van der Waals surface area contributed by atoms with Crippen LogP contribution >= 0.6 is 11.6 Å². The molecular formula is C13H8ClFN4. The molecule has 3 aromatic rings. The standard InChI is InChI=1S/C13H8ClFN4/c1-7-5-16-12-11(17-6-18-13(12)19-7)9-3-2-8(14)4-10(9)15/h2-6H,1H3. The second kappa shape index (κ2) is 4.51. The minimum Gasteiger partial charge on any atom is -0.249 e. The predicted octanol–water partition coefficient (Wildman–Crippen LogP) is 3.19. The fraction of sp³-hybridized carbons (Fsp3) is 0.0769. The number of hydrogen-bond acceptors (Lipinski definition) is 4. The van der Waals surface area contributed by atoms with Gasteiger partial charge in [0, 0.05) is 16.8 Å². The van der Waals surface area contributed by atoms with E-state index >= 15 is 0 Å². The molecule has 4 nitrogen and oxygen atoms in total. The third-order valence-electron chi connectivity index (χ3n) is 2.65. The molecule has 0 aliphatic rings. The lowest BCUT2D eigenvalue weighted by atomic mass is 10.1. The molecule has 19 heavy (non-hydrogen) atoms. The van der Waals surface area contributed by atoms with Crippen molar-refractivity contribution in [3.63, 3.8) is 0 Å². The zero-order valence-corrected chi connectivity index (χ0v) is 10.7. The number of nitrogens with zero attached hydrogens (tertiary/aromatic N) is 4. The van der Waals surface area contributed by atoms with Crippen molar-refractivity contribution in [3.05, 3.63) is 47.3 Å². The van der Waals surface area contributed by atoms with Crippen LogP contribution in [0, 0.1) is 12.7 Å². The fourth-order valence-electron chi connectivity index (χ4n) is 1.80. The Hall–Kier alpha value is -2.14. The molecule has 6 heteroatoms. The Labute approximate surface area is 113 Å². The molecule has 0 fully saturated rings. The molecule has 1 aromatic carbocycles. The summed E-state index contributed by atoms with van der Waals surface area (Å²) in [6, 6.07) is 4.42. The lowest BCUT2D eigenvalue weighted by Crippen LogP contribution is -1.96. The quantitative estimate of drug-likeness (QED) is 0.684. The first-order valence-electron chi connectivity index (χ1n) is 5.55. The maximum Gasteiger partial charge on any atom is 0.182 e. The van der Waals surface area contributed by atoms with E-state index in [1.807, 2.05) is 6.92 Å². The zero-order chi connectivity index (χ0) is 13.4. The molecule has 0 aliphatic carbocycles. The second-order valence-corrected chi connectivity index (χ2v) is 4.47. The monoisotopic (exact) mass is 274 g/mol. The molecule has 0 spiro atoms. The van der Waals surface area contributed by atoms with Crippen LogP contribution in [0.5, 0.6) is 0 Å². The SMILES string of the molecule is Cc1cnc2c(-c3ccc(Cl)cc3F)ncnc2n1. The van der Waals surface area contributed by atoms with Gasteiger partial charge in [-0.25, -0.2) is 24.3 Å². The van der Waals surface area contributed by atoms with Gasteiger partial charge in [-0.3, -0.25) is 0 Å². The van der Waals surface area contributed by atoms with E-state index in [-0.39, 0.29) is 0 Å². The van der Waals surface area contributed by atoms with Gasteiger partial charge in [-0.15, -0.1) is 0 Å². The summed E-state index contributed by atoms with van der Waals surface area (Å²) < 4.78 is 14.0. The van der Waals surface area contributed by atoms with Gasteiger partial charge in [0.1, 0.15) is 23.4 Å². The van der Waals surface area contributed by atoms with Crippen molar-refractivity contribution in [3.8, 4) is 11.3 Å². The van der Waals surface area contributed by atoms with Crippen molar-refractivity contribution in [2.75, 3.05) is 0 Å². The van der Waals surface area contributed by atoms with Crippen molar-refractivity contribution >= 4 is 22.8 Å². The highest BCUT2D eigenvalue weighted by Gasteiger charge is 2.13. The maximum atomic E-state index is 14.0. The smallest absolute Gasteiger partial charge is 0.182 e. The molecule has 0 atom stereocenters. The van der Waals surface area contributed by atoms with Crippen molar-refractivity contribution < 1.29 is 4.39 Å². The van der Waals surface area contributed by atoms with Crippen LogP contribution in [0.1, 0.15) is 5.69 Å². The number of rotatable bonds is 1. The second-order valence-electron chi connectivity index (χ2n) is 4.03. The van der Waals surface area contributed by atoms with Gasteiger partial charge in [-0.1, -0.05) is 11.6 Å². The summed E-state index contributed by atoms with van der Waals surface area (Å²) >= 11 is 5.74. The molecule has 0 N–H and O–H groups in total. The highest BCUT2D eigenvalue weighted by molar-refractivity contribution is 6.30. The molecule has 0 saturated heterocycles. The highest BCUT2D eigenvalue weighted by atomic mass is 35.5. The summed E-state index contributed by atoms with van der Waals surface area (Å²) in [5, 5.41) is 0.335. The van der Waals surface area contributed by atoms with Gasteiger partial charge in [0.05, 0.1) is 5.69 Å². The average molecular weight is 275 g/mol. The molecule has 2 heterocycles. The van der Waals surface area contributed by atoms with Gasteiger partial charge in [-0.05, 0) is 25.1 Å². The number of hydrogen-bond donors (Lipinski definition) is 0. The van der Waals surface area contributed by atoms with Crippen LogP contribution in [0.15, 0.2) is 30.7 Å². The molecule has 2 aromatic heterocycles. The van der Waals surface area contributed by atoms with Gasteiger partial charge in [-0.2, -0.15) is 0 Å². The van der Waals surface area contributed by atoms with E-state index in [4.69, 9.17) is 11.6 Å². The molecular weight excluding hydrogens is 267 g/mol. The van der Waals surface area contributed by atoms with Crippen LogP contribution < -0.4 is 0 Å². The van der Waals surface area contributed by atoms with E-state index < -0.39 is 5.82 Å². The third-order valence-corrected chi connectivity index (χ3v) is 2.89. The van der Waals surface area contributed by atoms with E-state index in [1.54, 1.807) is 18.3 Å². The van der Waals surface area contributed by atoms with Gasteiger partial charge in [0.2, 0.25) is 0 Å². The Morgan fingerprint density at radius 3 is 2.79 bits per heavy atom. The molecule has 94 valence electrons. The van der Waals surface area contributed by atoms with E-state index in [2.05, 4.69) is 19.9 Å². The average Bonchev–Trinajstić information content (AvgIpc) is 2.38. The van der Waals surface area contributed by atoms with Crippen LogP contribution in [0.4, 0.5) is 4.39 Å². The Morgan fingerprint density at radius 2 is 2.00 bits per heavy atom. The normalized spacial score (nSPS) is 10.9. The fourth-order valence-corrected chi connectivity index (χ4v) is 1.96. The predicted molar refractivity (Wildman–Crippen MR) is 70.3 cm³/mol. The molecule has 0 amide bonds. The van der Waals surface area contributed by atoms with E-state index in [0.717, 1.165) is 5.69 Å². The first kappa shape index (κ1) is 11.9. The molecule has 3 rings (SSSR count). The van der Waals surface area contributed by atoms with Gasteiger partial charge < -0.3 is 0 Å². The van der Waals surface area contributed by atoms with E-state index in [9.17, 15) is 4.39 Å². The maximum absolute atomic E-state index is 14.0. The molecule has 0 unspecified atom stereocenters. The van der Waals surface area contributed by atoms with Crippen molar-refractivity contribution in [1.29, 1.82) is 0 Å². The summed E-state index contributed by atoms with van der Waals surface area (Å²) in [7, 11) is 0. The highest BCUT2D eigenvalue weighted by Crippen LogP contribution is 2.27. The van der Waals surface area contributed by atoms with Crippen LogP contribution in [0.2, 0.25) is 5.02 Å². The van der Waals surface area contributed by atoms with Crippen molar-refractivity contribution in [1.82, 2.24) is 19.9 Å². The lowest BCUT2D eigenvalue weighted by molar-refractivity contribution is 0.631. The Morgan fingerprint density at radius 1 is 1.16 bits per heavy atom. The number of aryl methyl sites for hydroxylation is 1. The first-order valence-corrected chi connectivity index (χ1v) is 5.93. The van der Waals surface area contributed by atoms with Crippen LogP contribution in [0.3, 0.4) is 0 Å². The Balaban J connectivity index is 2.30. The summed E-state index contributed by atoms with van der Waals surface area (Å²) in [6.45, 7) is 1.82. The van der Waals surface area contributed by atoms with Crippen molar-refractivity contribution in [2.24, 2.45) is 0 Å². The molecule has 0 radical (unpaired) electrons. The topological polar surface area (TPSA) is 51.6 Å². The molecule has 0 bridgehead atoms. The largest absolute Gasteiger partial charge is 0.249 e. The van der Waals surface area contributed by atoms with Crippen LogP contribution in [0.25, 0.3) is 22.4 Å². The summed E-state index contributed by atoms with van der Waals surface area (Å²) in [4.78, 5) is 16.6. The van der Waals surface area contributed by atoms with Gasteiger partial charge in [0.15, 0.2) is 5.65 Å². The molecule has 0 saturated carbocycles. The van der Waals surface area contributed by atoms with Crippen LogP contribution in [-0.4, -0.2) is 19.9 Å². The van der Waals surface area contributed by atoms with Crippen molar-refractivity contribution in [2.45, 2.75) is 6.92 Å². The van der Waals surface area contributed by atoms with E-state index in [1.165, 1.54) is 12.4 Å². The molecule has 0 aliphatic heterocycles. The summed E-state index contributed by atoms with van der Waals surface area (Å²) in [5.74, 6) is -0.449. The summed E-state index contributed by atoms with van der Waals surface area (Å²) in [5.41, 5.74) is 2.39. The first-order chi connectivity index (χ1) is 9.15. The number of fused-ring (bicyclic) bond motifs is 1. The number of halogens is 2. The van der Waals surface area contributed by atoms with Gasteiger partial charge in [0.25, 0.3) is 0 Å². The minimum atomic E-state index is -0.449. The minimum absolute atomic E-state index is 0.329.